The van der Waals surface area contributed by atoms with Gasteiger partial charge in [0.1, 0.15) is 0 Å². The van der Waals surface area contributed by atoms with Crippen LogP contribution in [-0.2, 0) is 10.2 Å². The molecule has 6 heterocycles. The summed E-state index contributed by atoms with van der Waals surface area (Å²) in [6, 6.07) is 15.2. The van der Waals surface area contributed by atoms with Crippen molar-refractivity contribution in [2.24, 2.45) is 0 Å². The summed E-state index contributed by atoms with van der Waals surface area (Å²) in [5.74, 6) is 1.46. The predicted molar refractivity (Wildman–Crippen MR) is 177 cm³/mol. The fraction of sp³-hybridized carbons (Fsp3) is 0.529. The highest BCUT2D eigenvalue weighted by molar-refractivity contribution is 5.99. The van der Waals surface area contributed by atoms with Crippen LogP contribution in [0.25, 0.3) is 11.4 Å². The Labute approximate surface area is 269 Å². The molecule has 8 rings (SSSR count). The van der Waals surface area contributed by atoms with E-state index in [0.717, 1.165) is 24.1 Å². The van der Waals surface area contributed by atoms with Crippen LogP contribution >= 0.6 is 0 Å². The van der Waals surface area contributed by atoms with Gasteiger partial charge in [-0.2, -0.15) is 15.0 Å². The molecule has 5 fully saturated rings. The third kappa shape index (κ3) is 6.14. The second kappa shape index (κ2) is 13.1. The summed E-state index contributed by atoms with van der Waals surface area (Å²) < 4.78 is 5.64. The number of ether oxygens (including phenoxy) is 1. The van der Waals surface area contributed by atoms with Crippen LogP contribution in [0.3, 0.4) is 0 Å². The van der Waals surface area contributed by atoms with Gasteiger partial charge in [-0.05, 0) is 106 Å². The van der Waals surface area contributed by atoms with Crippen LogP contribution in [-0.4, -0.2) is 107 Å². The number of rotatable bonds is 8. The van der Waals surface area contributed by atoms with Gasteiger partial charge in [-0.25, -0.2) is 4.79 Å². The summed E-state index contributed by atoms with van der Waals surface area (Å²) in [5, 5.41) is 26.0. The van der Waals surface area contributed by atoms with Crippen LogP contribution in [0.2, 0.25) is 0 Å². The fourth-order valence-electron chi connectivity index (χ4n) is 7.56. The molecule has 0 radical (unpaired) electrons. The molecule has 12 heteroatoms. The molecule has 2 aromatic carbocycles. The van der Waals surface area contributed by atoms with Crippen LogP contribution in [0.5, 0.6) is 0 Å². The minimum atomic E-state index is -0.310. The van der Waals surface area contributed by atoms with Crippen LogP contribution in [0.15, 0.2) is 48.5 Å². The Hall–Kier alpha value is -3.84. The van der Waals surface area contributed by atoms with Crippen molar-refractivity contribution in [3.8, 4) is 11.4 Å². The first-order valence-corrected chi connectivity index (χ1v) is 16.6. The van der Waals surface area contributed by atoms with E-state index in [0.29, 0.717) is 43.2 Å². The molecule has 5 saturated heterocycles. The van der Waals surface area contributed by atoms with Crippen molar-refractivity contribution >= 4 is 29.3 Å². The molecule has 2 bridgehead atoms. The van der Waals surface area contributed by atoms with E-state index >= 15 is 0 Å². The van der Waals surface area contributed by atoms with E-state index in [1.165, 1.54) is 44.5 Å². The van der Waals surface area contributed by atoms with Crippen molar-refractivity contribution in [2.45, 2.75) is 62.6 Å². The van der Waals surface area contributed by atoms with Gasteiger partial charge in [0.15, 0.2) is 5.82 Å². The summed E-state index contributed by atoms with van der Waals surface area (Å²) in [5.41, 5.74) is 3.83. The number of hydrogen-bond acceptors (Lipinski definition) is 10. The summed E-state index contributed by atoms with van der Waals surface area (Å²) in [6.45, 7) is 7.31. The highest BCUT2D eigenvalue weighted by atomic mass is 16.5. The number of carbonyl (C=O) groups is 1. The van der Waals surface area contributed by atoms with Crippen LogP contribution < -0.4 is 20.4 Å². The maximum atomic E-state index is 12.9. The molecule has 5 aliphatic rings. The number of hydrogen-bond donors (Lipinski definition) is 4. The first kappa shape index (κ1) is 30.8. The molecule has 46 heavy (non-hydrogen) atoms. The first-order chi connectivity index (χ1) is 22.4. The zero-order chi connectivity index (χ0) is 31.7. The Balaban J connectivity index is 1.07. The Morgan fingerprint density at radius 1 is 0.848 bits per heavy atom. The van der Waals surface area contributed by atoms with Crippen molar-refractivity contribution in [3.63, 3.8) is 0 Å². The first-order valence-electron chi connectivity index (χ1n) is 16.6. The number of morpholine rings is 1. The maximum Gasteiger partial charge on any atom is 0.323 e. The highest BCUT2D eigenvalue weighted by Crippen LogP contribution is 2.43. The summed E-state index contributed by atoms with van der Waals surface area (Å²) in [7, 11) is 0. The lowest BCUT2D eigenvalue weighted by Crippen LogP contribution is -2.50. The molecule has 3 atom stereocenters. The molecule has 1 aromatic heterocycles. The normalized spacial score (nSPS) is 27.5. The topological polar surface area (TPSA) is 139 Å². The average Bonchev–Trinajstić information content (AvgIpc) is 3.53. The van der Waals surface area contributed by atoms with E-state index < -0.39 is 0 Å². The Morgan fingerprint density at radius 2 is 1.43 bits per heavy atom. The average molecular weight is 629 g/mol. The van der Waals surface area contributed by atoms with Gasteiger partial charge in [-0.1, -0.05) is 12.1 Å². The quantitative estimate of drug-likeness (QED) is 0.293. The number of anilines is 4. The van der Waals surface area contributed by atoms with Gasteiger partial charge in [-0.3, -0.25) is 0 Å². The minimum Gasteiger partial charge on any atom is -0.394 e. The summed E-state index contributed by atoms with van der Waals surface area (Å²) >= 11 is 0. The molecule has 0 spiro atoms. The van der Waals surface area contributed by atoms with E-state index in [-0.39, 0.29) is 42.8 Å². The predicted octanol–water partition coefficient (Wildman–Crippen LogP) is 3.47. The van der Waals surface area contributed by atoms with Gasteiger partial charge in [0.2, 0.25) is 11.9 Å². The highest BCUT2D eigenvalue weighted by Gasteiger charge is 2.40. The van der Waals surface area contributed by atoms with Gasteiger partial charge in [0.05, 0.1) is 44.6 Å². The Kier molecular flexibility index (Phi) is 8.78. The van der Waals surface area contributed by atoms with Gasteiger partial charge in [-0.15, -0.1) is 0 Å². The van der Waals surface area contributed by atoms with E-state index in [2.05, 4.69) is 39.5 Å². The van der Waals surface area contributed by atoms with Crippen LogP contribution in [0.4, 0.5) is 28.1 Å². The summed E-state index contributed by atoms with van der Waals surface area (Å²) in [6.07, 6.45) is 5.12. The zero-order valence-electron chi connectivity index (χ0n) is 26.4. The number of fused-ring (bicyclic) bond motifs is 3. The van der Waals surface area contributed by atoms with Crippen molar-refractivity contribution in [1.82, 2.24) is 19.9 Å². The van der Waals surface area contributed by atoms with Crippen molar-refractivity contribution < 1.29 is 19.7 Å². The van der Waals surface area contributed by atoms with Gasteiger partial charge < -0.3 is 40.3 Å². The number of carbonyl (C=O) groups excluding carboxylic acids is 1. The minimum absolute atomic E-state index is 0.0486. The Bertz CT molecular complexity index is 1490. The van der Waals surface area contributed by atoms with Crippen molar-refractivity contribution in [2.75, 3.05) is 73.0 Å². The van der Waals surface area contributed by atoms with E-state index in [9.17, 15) is 15.0 Å². The molecule has 0 aliphatic carbocycles. The number of nitrogens with one attached hydrogen (secondary N) is 2. The van der Waals surface area contributed by atoms with E-state index in [1.54, 1.807) is 0 Å². The lowest BCUT2D eigenvalue weighted by Gasteiger charge is -2.48. The second-order valence-corrected chi connectivity index (χ2v) is 13.1. The lowest BCUT2D eigenvalue weighted by molar-refractivity contribution is 0.0818. The van der Waals surface area contributed by atoms with Gasteiger partial charge >= 0.3 is 6.03 Å². The van der Waals surface area contributed by atoms with E-state index in [1.807, 2.05) is 41.3 Å². The fourth-order valence-corrected chi connectivity index (χ4v) is 7.56. The van der Waals surface area contributed by atoms with Crippen molar-refractivity contribution in [1.29, 1.82) is 0 Å². The number of urea groups is 1. The maximum absolute atomic E-state index is 12.9. The number of benzene rings is 2. The van der Waals surface area contributed by atoms with Crippen LogP contribution in [0.1, 0.15) is 44.6 Å². The second-order valence-electron chi connectivity index (χ2n) is 13.1. The molecule has 5 aliphatic heterocycles. The number of amides is 2. The van der Waals surface area contributed by atoms with Gasteiger partial charge in [0.25, 0.3) is 0 Å². The molecule has 2 amide bonds. The smallest absolute Gasteiger partial charge is 0.323 e. The number of aromatic nitrogens is 3. The number of aliphatic hydroxyl groups excluding tert-OH is 2. The van der Waals surface area contributed by atoms with Gasteiger partial charge in [0, 0.05) is 23.5 Å². The standard InChI is InChI=1S/C34H44N8O4/c1-23-22-46-19-18-41(23)31-37-30(38-32(39-31)42-28(20-43)10-11-29(42)21-44)24-2-6-26(7-3-24)35-33(45)36-27-8-4-25(5-9-27)34-12-15-40(16-13-34)17-14-34/h2-9,23,28-29,43-44H,10-22H2,1H3,(H2,35,36,45)/t23-,28-,29+/m1/s1. The molecule has 244 valence electrons. The number of piperidine rings is 3. The Morgan fingerprint density at radius 3 is 2.02 bits per heavy atom. The largest absolute Gasteiger partial charge is 0.394 e. The molecule has 0 unspecified atom stereocenters. The SMILES string of the molecule is C[C@@H]1COCCN1c1nc(-c2ccc(NC(=O)Nc3ccc(C45CCN(CC4)CC5)cc3)cc2)nc(N2[C@H](CO)CC[C@@H]2CO)n1. The molecule has 0 saturated carbocycles. The molecule has 3 aromatic rings. The number of aliphatic hydroxyl groups is 2. The summed E-state index contributed by atoms with van der Waals surface area (Å²) in [4.78, 5) is 34.0. The third-order valence-electron chi connectivity index (χ3n) is 10.4. The number of nitrogens with zero attached hydrogens (tertiary/aromatic N) is 6. The third-order valence-corrected chi connectivity index (χ3v) is 10.4. The monoisotopic (exact) mass is 628 g/mol. The van der Waals surface area contributed by atoms with E-state index in [4.69, 9.17) is 19.7 Å². The van der Waals surface area contributed by atoms with Crippen molar-refractivity contribution in [3.05, 3.63) is 54.1 Å². The molecule has 4 N–H and O–H groups in total. The zero-order valence-corrected chi connectivity index (χ0v) is 26.4. The molecular formula is C34H44N8O4. The molecular weight excluding hydrogens is 584 g/mol. The molecule has 12 nitrogen and oxygen atoms in total. The van der Waals surface area contributed by atoms with Crippen LogP contribution in [0, 0.1) is 0 Å². The lowest BCUT2D eigenvalue weighted by atomic mass is 9.67.